The SMILES string of the molecule is CCc1ccc(C(C)(C)NC(=O)c2cc3[nH]c4ccccc4c(=O)c3cc2F)cn1. The van der Waals surface area contributed by atoms with E-state index in [2.05, 4.69) is 15.3 Å². The van der Waals surface area contributed by atoms with E-state index in [1.54, 1.807) is 24.4 Å². The lowest BCUT2D eigenvalue weighted by molar-refractivity contribution is 0.0908. The van der Waals surface area contributed by atoms with Crippen LogP contribution in [0.4, 0.5) is 4.39 Å². The molecule has 0 spiro atoms. The van der Waals surface area contributed by atoms with Gasteiger partial charge in [-0.2, -0.15) is 0 Å². The molecule has 0 saturated heterocycles. The van der Waals surface area contributed by atoms with Crippen molar-refractivity contribution in [3.8, 4) is 0 Å². The molecular weight excluding hydrogens is 381 g/mol. The van der Waals surface area contributed by atoms with Crippen molar-refractivity contribution in [2.45, 2.75) is 32.7 Å². The zero-order valence-electron chi connectivity index (χ0n) is 17.0. The van der Waals surface area contributed by atoms with Crippen molar-refractivity contribution in [3.05, 3.63) is 87.6 Å². The van der Waals surface area contributed by atoms with Gasteiger partial charge in [-0.3, -0.25) is 14.6 Å². The Morgan fingerprint density at radius 2 is 1.87 bits per heavy atom. The molecule has 2 N–H and O–H groups in total. The van der Waals surface area contributed by atoms with Crippen LogP contribution in [0.5, 0.6) is 0 Å². The number of aromatic nitrogens is 2. The number of H-pyrrole nitrogens is 1. The summed E-state index contributed by atoms with van der Waals surface area (Å²) in [4.78, 5) is 33.1. The van der Waals surface area contributed by atoms with Crippen LogP contribution in [0.1, 0.15) is 42.4 Å². The highest BCUT2D eigenvalue weighted by Gasteiger charge is 2.26. The Bertz CT molecular complexity index is 1320. The molecule has 0 bridgehead atoms. The molecule has 0 aliphatic heterocycles. The van der Waals surface area contributed by atoms with Crippen molar-refractivity contribution in [1.29, 1.82) is 0 Å². The molecule has 30 heavy (non-hydrogen) atoms. The second-order valence-electron chi connectivity index (χ2n) is 7.85. The second-order valence-corrected chi connectivity index (χ2v) is 7.85. The van der Waals surface area contributed by atoms with Crippen LogP contribution in [0, 0.1) is 5.82 Å². The number of halogens is 1. The van der Waals surface area contributed by atoms with Crippen LogP contribution in [0.25, 0.3) is 21.8 Å². The van der Waals surface area contributed by atoms with E-state index in [-0.39, 0.29) is 16.4 Å². The van der Waals surface area contributed by atoms with Crippen molar-refractivity contribution >= 4 is 27.7 Å². The number of nitrogens with one attached hydrogen (secondary N) is 2. The molecule has 0 aliphatic carbocycles. The lowest BCUT2D eigenvalue weighted by Crippen LogP contribution is -2.41. The summed E-state index contributed by atoms with van der Waals surface area (Å²) in [5.41, 5.74) is 1.67. The Morgan fingerprint density at radius 1 is 1.10 bits per heavy atom. The Morgan fingerprint density at radius 3 is 2.57 bits per heavy atom. The molecule has 2 aromatic carbocycles. The molecule has 0 unspecified atom stereocenters. The maximum atomic E-state index is 14.8. The molecule has 152 valence electrons. The van der Waals surface area contributed by atoms with Gasteiger partial charge in [-0.1, -0.05) is 25.1 Å². The number of rotatable bonds is 4. The minimum absolute atomic E-state index is 0.125. The average molecular weight is 403 g/mol. The third kappa shape index (κ3) is 3.45. The van der Waals surface area contributed by atoms with E-state index in [4.69, 9.17) is 0 Å². The van der Waals surface area contributed by atoms with Crippen molar-refractivity contribution in [3.63, 3.8) is 0 Å². The average Bonchev–Trinajstić information content (AvgIpc) is 2.74. The summed E-state index contributed by atoms with van der Waals surface area (Å²) in [5.74, 6) is -1.30. The summed E-state index contributed by atoms with van der Waals surface area (Å²) in [5, 5.41) is 3.56. The summed E-state index contributed by atoms with van der Waals surface area (Å²) in [6, 6.07) is 13.4. The van der Waals surface area contributed by atoms with Crippen LogP contribution in [0.3, 0.4) is 0 Å². The topological polar surface area (TPSA) is 74.8 Å². The maximum absolute atomic E-state index is 14.8. The molecule has 2 aromatic heterocycles. The first-order valence-corrected chi connectivity index (χ1v) is 9.82. The summed E-state index contributed by atoms with van der Waals surface area (Å²) in [7, 11) is 0. The molecule has 5 nitrogen and oxygen atoms in total. The van der Waals surface area contributed by atoms with Crippen LogP contribution < -0.4 is 10.7 Å². The van der Waals surface area contributed by atoms with E-state index >= 15 is 0 Å². The summed E-state index contributed by atoms with van der Waals surface area (Å²) in [6.07, 6.45) is 2.54. The van der Waals surface area contributed by atoms with Gasteiger partial charge in [-0.25, -0.2) is 4.39 Å². The first kappa shape index (κ1) is 19.8. The number of fused-ring (bicyclic) bond motifs is 2. The third-order valence-corrected chi connectivity index (χ3v) is 5.37. The molecule has 0 saturated carbocycles. The monoisotopic (exact) mass is 403 g/mol. The first-order valence-electron chi connectivity index (χ1n) is 9.82. The molecule has 6 heteroatoms. The zero-order valence-corrected chi connectivity index (χ0v) is 17.0. The van der Waals surface area contributed by atoms with Crippen molar-refractivity contribution in [2.24, 2.45) is 0 Å². The highest BCUT2D eigenvalue weighted by Crippen LogP contribution is 2.23. The minimum Gasteiger partial charge on any atom is -0.354 e. The van der Waals surface area contributed by atoms with Crippen LogP contribution in [-0.2, 0) is 12.0 Å². The van der Waals surface area contributed by atoms with Crippen LogP contribution >= 0.6 is 0 Å². The van der Waals surface area contributed by atoms with Gasteiger partial charge in [0.25, 0.3) is 5.91 Å². The van der Waals surface area contributed by atoms with Crippen LogP contribution in [0.2, 0.25) is 0 Å². The lowest BCUT2D eigenvalue weighted by Gasteiger charge is -2.27. The second kappa shape index (κ2) is 7.37. The van der Waals surface area contributed by atoms with Gasteiger partial charge < -0.3 is 10.3 Å². The minimum atomic E-state index is -0.755. The summed E-state index contributed by atoms with van der Waals surface area (Å²) in [6.45, 7) is 5.69. The van der Waals surface area contributed by atoms with E-state index in [1.165, 1.54) is 6.07 Å². The third-order valence-electron chi connectivity index (χ3n) is 5.37. The van der Waals surface area contributed by atoms with Crippen molar-refractivity contribution < 1.29 is 9.18 Å². The number of benzene rings is 2. The Kier molecular flexibility index (Phi) is 4.86. The molecular formula is C24H22FN3O2. The summed E-state index contributed by atoms with van der Waals surface area (Å²) >= 11 is 0. The van der Waals surface area contributed by atoms with Gasteiger partial charge in [-0.15, -0.1) is 0 Å². The number of carbonyl (C=O) groups is 1. The molecule has 0 aliphatic rings. The van der Waals surface area contributed by atoms with Gasteiger partial charge in [0.2, 0.25) is 0 Å². The number of aromatic amines is 1. The van der Waals surface area contributed by atoms with E-state index < -0.39 is 17.3 Å². The predicted octanol–water partition coefficient (Wildman–Crippen LogP) is 4.44. The fourth-order valence-electron chi connectivity index (χ4n) is 3.55. The first-order chi connectivity index (χ1) is 14.3. The Balaban J connectivity index is 1.72. The number of aryl methyl sites for hydroxylation is 1. The Hall–Kier alpha value is -3.54. The number of pyridine rings is 2. The fourth-order valence-corrected chi connectivity index (χ4v) is 3.55. The highest BCUT2D eigenvalue weighted by atomic mass is 19.1. The normalized spacial score (nSPS) is 11.7. The molecule has 2 heterocycles. The van der Waals surface area contributed by atoms with E-state index in [1.807, 2.05) is 39.0 Å². The lowest BCUT2D eigenvalue weighted by atomic mass is 9.95. The molecule has 0 radical (unpaired) electrons. The quantitative estimate of drug-likeness (QED) is 0.495. The summed E-state index contributed by atoms with van der Waals surface area (Å²) < 4.78 is 14.8. The Labute approximate surface area is 173 Å². The van der Waals surface area contributed by atoms with Crippen LogP contribution in [0.15, 0.2) is 59.5 Å². The van der Waals surface area contributed by atoms with Crippen molar-refractivity contribution in [2.75, 3.05) is 0 Å². The molecule has 1 amide bonds. The van der Waals surface area contributed by atoms with E-state index in [0.717, 1.165) is 23.7 Å². The van der Waals surface area contributed by atoms with E-state index in [0.29, 0.717) is 16.4 Å². The van der Waals surface area contributed by atoms with Crippen molar-refractivity contribution in [1.82, 2.24) is 15.3 Å². The number of carbonyl (C=O) groups excluding carboxylic acids is 1. The number of hydrogen-bond acceptors (Lipinski definition) is 3. The molecule has 4 rings (SSSR count). The fraction of sp³-hybridized carbons (Fsp3) is 0.208. The molecule has 4 aromatic rings. The smallest absolute Gasteiger partial charge is 0.255 e. The standard InChI is InChI=1S/C24H22FN3O2/c1-4-15-10-9-14(13-26-15)24(2,3)28-23(30)17-12-21-18(11-19(17)25)22(29)16-7-5-6-8-20(16)27-21/h5-13H,4H2,1-3H3,(H,27,29)(H,28,30). The van der Waals surface area contributed by atoms with E-state index in [9.17, 15) is 14.0 Å². The van der Waals surface area contributed by atoms with Crippen LogP contribution in [-0.4, -0.2) is 15.9 Å². The predicted molar refractivity (Wildman–Crippen MR) is 116 cm³/mol. The number of hydrogen-bond donors (Lipinski definition) is 2. The molecule has 0 atom stereocenters. The van der Waals surface area contributed by atoms with Gasteiger partial charge >= 0.3 is 0 Å². The van der Waals surface area contributed by atoms with Gasteiger partial charge in [0.05, 0.1) is 16.6 Å². The molecule has 0 fully saturated rings. The van der Waals surface area contributed by atoms with Gasteiger partial charge in [0, 0.05) is 28.2 Å². The largest absolute Gasteiger partial charge is 0.354 e. The number of para-hydroxylation sites is 1. The van der Waals surface area contributed by atoms with Gasteiger partial charge in [0.15, 0.2) is 5.43 Å². The number of amides is 1. The zero-order chi connectivity index (χ0) is 21.5. The van der Waals surface area contributed by atoms with Gasteiger partial charge in [0.1, 0.15) is 5.82 Å². The highest BCUT2D eigenvalue weighted by molar-refractivity contribution is 6.00. The number of nitrogens with zero attached hydrogens (tertiary/aromatic N) is 1. The maximum Gasteiger partial charge on any atom is 0.255 e. The van der Waals surface area contributed by atoms with Gasteiger partial charge in [-0.05, 0) is 56.2 Å².